The minimum absolute atomic E-state index is 0.267. The average Bonchev–Trinajstić information content (AvgIpc) is 2.78. The third kappa shape index (κ3) is 2.63. The first-order valence-corrected chi connectivity index (χ1v) is 6.00. The molecule has 2 rings (SSSR count). The molecule has 0 spiro atoms. The van der Waals surface area contributed by atoms with E-state index in [9.17, 15) is 0 Å². The maximum Gasteiger partial charge on any atom is 0.0963 e. The Morgan fingerprint density at radius 2 is 2.31 bits per heavy atom. The van der Waals surface area contributed by atoms with Gasteiger partial charge in [0.2, 0.25) is 0 Å². The standard InChI is InChI=1S/C10H12BrN5/c1-2-9(11)10-7-16(15-14-10)6-8-5-12-3-4-13-8/h3-5,7,9H,2,6H2,1H3. The number of hydrogen-bond acceptors (Lipinski definition) is 4. The first-order chi connectivity index (χ1) is 7.79. The van der Waals surface area contributed by atoms with Gasteiger partial charge in [-0.05, 0) is 6.42 Å². The number of alkyl halides is 1. The topological polar surface area (TPSA) is 56.5 Å². The predicted octanol–water partition coefficient (Wildman–Crippen LogP) is 1.96. The van der Waals surface area contributed by atoms with Crippen LogP contribution < -0.4 is 0 Å². The molecule has 6 heteroatoms. The molecule has 2 aromatic rings. The summed E-state index contributed by atoms with van der Waals surface area (Å²) in [4.78, 5) is 8.46. The van der Waals surface area contributed by atoms with Crippen molar-refractivity contribution in [2.24, 2.45) is 0 Å². The quantitative estimate of drug-likeness (QED) is 0.804. The molecule has 0 saturated carbocycles. The van der Waals surface area contributed by atoms with Crippen LogP contribution in [0.1, 0.15) is 29.6 Å². The molecule has 0 radical (unpaired) electrons. The summed E-state index contributed by atoms with van der Waals surface area (Å²) in [6.45, 7) is 2.70. The Morgan fingerprint density at radius 3 is 3.00 bits per heavy atom. The minimum Gasteiger partial charge on any atom is -0.261 e. The van der Waals surface area contributed by atoms with Crippen molar-refractivity contribution in [1.82, 2.24) is 25.0 Å². The lowest BCUT2D eigenvalue weighted by atomic mass is 10.3. The maximum absolute atomic E-state index is 4.19. The largest absolute Gasteiger partial charge is 0.261 e. The highest BCUT2D eigenvalue weighted by atomic mass is 79.9. The highest BCUT2D eigenvalue weighted by molar-refractivity contribution is 9.09. The summed E-state index contributed by atoms with van der Waals surface area (Å²) in [6, 6.07) is 0. The summed E-state index contributed by atoms with van der Waals surface area (Å²) < 4.78 is 1.77. The monoisotopic (exact) mass is 281 g/mol. The van der Waals surface area contributed by atoms with Crippen LogP contribution in [0.5, 0.6) is 0 Å². The molecule has 1 unspecified atom stereocenters. The van der Waals surface area contributed by atoms with Crippen molar-refractivity contribution >= 4 is 15.9 Å². The summed E-state index contributed by atoms with van der Waals surface area (Å²) in [6.07, 6.45) is 7.97. The Hall–Kier alpha value is -1.30. The number of halogens is 1. The Bertz CT molecular complexity index is 441. The van der Waals surface area contributed by atoms with Crippen molar-refractivity contribution in [3.63, 3.8) is 0 Å². The van der Waals surface area contributed by atoms with Gasteiger partial charge in [0.15, 0.2) is 0 Å². The van der Waals surface area contributed by atoms with Gasteiger partial charge in [-0.25, -0.2) is 4.68 Å². The molecule has 2 aromatic heterocycles. The molecule has 0 aliphatic heterocycles. The Balaban J connectivity index is 2.09. The number of rotatable bonds is 4. The maximum atomic E-state index is 4.19. The van der Waals surface area contributed by atoms with Crippen molar-refractivity contribution in [2.75, 3.05) is 0 Å². The van der Waals surface area contributed by atoms with E-state index in [2.05, 4.69) is 43.1 Å². The summed E-state index contributed by atoms with van der Waals surface area (Å²) in [5.74, 6) is 0. The second-order valence-corrected chi connectivity index (χ2v) is 4.52. The van der Waals surface area contributed by atoms with Crippen LogP contribution in [0.2, 0.25) is 0 Å². The predicted molar refractivity (Wildman–Crippen MR) is 63.1 cm³/mol. The molecular formula is C10H12BrN5. The Morgan fingerprint density at radius 1 is 1.44 bits per heavy atom. The van der Waals surface area contributed by atoms with E-state index in [1.54, 1.807) is 23.3 Å². The van der Waals surface area contributed by atoms with Crippen LogP contribution in [0.15, 0.2) is 24.8 Å². The van der Waals surface area contributed by atoms with Gasteiger partial charge >= 0.3 is 0 Å². The van der Waals surface area contributed by atoms with Crippen LogP contribution in [0.4, 0.5) is 0 Å². The second kappa shape index (κ2) is 5.16. The lowest BCUT2D eigenvalue weighted by Gasteiger charge is -2.00. The fourth-order valence-electron chi connectivity index (χ4n) is 1.32. The SMILES string of the molecule is CCC(Br)c1cn(Cc2cnccn2)nn1. The van der Waals surface area contributed by atoms with Crippen molar-refractivity contribution in [3.05, 3.63) is 36.2 Å². The van der Waals surface area contributed by atoms with Crippen molar-refractivity contribution < 1.29 is 0 Å². The molecule has 5 nitrogen and oxygen atoms in total. The number of hydrogen-bond donors (Lipinski definition) is 0. The summed E-state index contributed by atoms with van der Waals surface area (Å²) in [5, 5.41) is 8.15. The normalized spacial score (nSPS) is 12.6. The molecule has 0 saturated heterocycles. The molecule has 0 aliphatic carbocycles. The highest BCUT2D eigenvalue weighted by Crippen LogP contribution is 2.23. The summed E-state index contributed by atoms with van der Waals surface area (Å²) in [7, 11) is 0. The van der Waals surface area contributed by atoms with Crippen LogP contribution in [0.3, 0.4) is 0 Å². The molecule has 2 heterocycles. The minimum atomic E-state index is 0.267. The number of nitrogens with zero attached hydrogens (tertiary/aromatic N) is 5. The van der Waals surface area contributed by atoms with Gasteiger partial charge in [0, 0.05) is 12.4 Å². The van der Waals surface area contributed by atoms with E-state index in [1.807, 2.05) is 6.20 Å². The van der Waals surface area contributed by atoms with Crippen LogP contribution in [-0.2, 0) is 6.54 Å². The van der Waals surface area contributed by atoms with Gasteiger partial charge in [-0.15, -0.1) is 5.10 Å². The molecule has 0 aromatic carbocycles. The van der Waals surface area contributed by atoms with Crippen LogP contribution >= 0.6 is 15.9 Å². The highest BCUT2D eigenvalue weighted by Gasteiger charge is 2.09. The van der Waals surface area contributed by atoms with Gasteiger partial charge in [-0.3, -0.25) is 9.97 Å². The van der Waals surface area contributed by atoms with Gasteiger partial charge in [0.25, 0.3) is 0 Å². The van der Waals surface area contributed by atoms with E-state index in [-0.39, 0.29) is 4.83 Å². The van der Waals surface area contributed by atoms with E-state index in [1.165, 1.54) is 0 Å². The zero-order valence-electron chi connectivity index (χ0n) is 8.91. The smallest absolute Gasteiger partial charge is 0.0963 e. The van der Waals surface area contributed by atoms with Crippen LogP contribution in [-0.4, -0.2) is 25.0 Å². The molecule has 1 atom stereocenters. The number of aromatic nitrogens is 5. The molecule has 84 valence electrons. The lowest BCUT2D eigenvalue weighted by molar-refractivity contribution is 0.636. The van der Waals surface area contributed by atoms with Crippen LogP contribution in [0.25, 0.3) is 0 Å². The zero-order chi connectivity index (χ0) is 11.4. The molecule has 0 bridgehead atoms. The molecular weight excluding hydrogens is 270 g/mol. The molecule has 0 aliphatic rings. The summed E-state index contributed by atoms with van der Waals surface area (Å²) >= 11 is 3.54. The first kappa shape index (κ1) is 11.2. The Labute approximate surface area is 102 Å². The fourth-order valence-corrected chi connectivity index (χ4v) is 1.53. The third-order valence-corrected chi connectivity index (χ3v) is 3.29. The van der Waals surface area contributed by atoms with Crippen molar-refractivity contribution in [2.45, 2.75) is 24.7 Å². The van der Waals surface area contributed by atoms with Crippen molar-refractivity contribution in [1.29, 1.82) is 0 Å². The van der Waals surface area contributed by atoms with Gasteiger partial charge in [0.05, 0.1) is 35.2 Å². The van der Waals surface area contributed by atoms with E-state index in [0.29, 0.717) is 6.54 Å². The molecule has 0 N–H and O–H groups in total. The lowest BCUT2D eigenvalue weighted by Crippen LogP contribution is -2.02. The van der Waals surface area contributed by atoms with Gasteiger partial charge in [-0.1, -0.05) is 28.1 Å². The van der Waals surface area contributed by atoms with E-state index >= 15 is 0 Å². The molecule has 0 amide bonds. The Kier molecular flexibility index (Phi) is 3.61. The second-order valence-electron chi connectivity index (χ2n) is 3.41. The van der Waals surface area contributed by atoms with E-state index < -0.39 is 0 Å². The molecule has 0 fully saturated rings. The van der Waals surface area contributed by atoms with Gasteiger partial charge in [0.1, 0.15) is 0 Å². The zero-order valence-corrected chi connectivity index (χ0v) is 10.5. The fraction of sp³-hybridized carbons (Fsp3) is 0.400. The van der Waals surface area contributed by atoms with Gasteiger partial charge in [-0.2, -0.15) is 0 Å². The average molecular weight is 282 g/mol. The molecule has 16 heavy (non-hydrogen) atoms. The van der Waals surface area contributed by atoms with E-state index in [0.717, 1.165) is 17.8 Å². The van der Waals surface area contributed by atoms with Gasteiger partial charge < -0.3 is 0 Å². The van der Waals surface area contributed by atoms with E-state index in [4.69, 9.17) is 0 Å². The summed E-state index contributed by atoms with van der Waals surface area (Å²) in [5.41, 5.74) is 1.83. The van der Waals surface area contributed by atoms with Crippen molar-refractivity contribution in [3.8, 4) is 0 Å². The third-order valence-electron chi connectivity index (χ3n) is 2.18. The first-order valence-electron chi connectivity index (χ1n) is 5.08. The van der Waals surface area contributed by atoms with Crippen LogP contribution in [0, 0.1) is 0 Å².